The van der Waals surface area contributed by atoms with Crippen LogP contribution in [0.1, 0.15) is 0 Å². The van der Waals surface area contributed by atoms with Crippen LogP contribution in [0, 0.1) is 0 Å². The van der Waals surface area contributed by atoms with E-state index in [-0.39, 0.29) is 0 Å². The molecule has 0 atom stereocenters. The normalized spacial score (nSPS) is 6.43. The maximum absolute atomic E-state index is 3.51. The Kier molecular flexibility index (Phi) is 2.82. The Balaban J connectivity index is 3.56. The summed E-state index contributed by atoms with van der Waals surface area (Å²) >= 11 is 0. The minimum atomic E-state index is 1.68. The lowest BCUT2D eigenvalue weighted by molar-refractivity contribution is 0.630. The Hall–Kier alpha value is -0.940. The van der Waals surface area contributed by atoms with Crippen molar-refractivity contribution < 1.29 is 0 Å². The van der Waals surface area contributed by atoms with E-state index >= 15 is 0 Å². The zero-order valence-corrected chi connectivity index (χ0v) is 4.52. The molecule has 0 rings (SSSR count). The molecule has 0 saturated heterocycles. The van der Waals surface area contributed by atoms with E-state index in [4.69, 9.17) is 0 Å². The van der Waals surface area contributed by atoms with Gasteiger partial charge in [-0.2, -0.15) is 0 Å². The van der Waals surface area contributed by atoms with Crippen molar-refractivity contribution in [2.45, 2.75) is 0 Å². The lowest BCUT2D eigenvalue weighted by Crippen LogP contribution is -1.96. The molecule has 0 saturated carbocycles. The van der Waals surface area contributed by atoms with Gasteiger partial charge in [0.25, 0.3) is 0 Å². The van der Waals surface area contributed by atoms with Gasteiger partial charge in [-0.05, 0) is 6.20 Å². The molecule has 0 aliphatic carbocycles. The van der Waals surface area contributed by atoms with E-state index in [2.05, 4.69) is 18.9 Å². The minimum absolute atomic E-state index is 1.68. The van der Waals surface area contributed by atoms with Crippen LogP contribution in [0.3, 0.4) is 0 Å². The monoisotopic (exact) mass is 95.1 g/mol. The molecule has 0 spiro atoms. The van der Waals surface area contributed by atoms with Gasteiger partial charge in [-0.3, -0.25) is 0 Å². The van der Waals surface area contributed by atoms with Crippen LogP contribution in [0.5, 0.6) is 0 Å². The first-order chi connectivity index (χ1) is 3.31. The van der Waals surface area contributed by atoms with Crippen molar-refractivity contribution in [3.63, 3.8) is 0 Å². The molecule has 0 bridgehead atoms. The average Bonchev–Trinajstić information content (AvgIpc) is 1.68. The highest BCUT2D eigenvalue weighted by Gasteiger charge is 1.70. The highest BCUT2D eigenvalue weighted by molar-refractivity contribution is 4.80. The fraction of sp³-hybridized carbons (Fsp3) is 0.167. The highest BCUT2D eigenvalue weighted by Crippen LogP contribution is 1.77. The molecule has 0 fully saturated rings. The predicted molar refractivity (Wildman–Crippen MR) is 31.7 cm³/mol. The number of hydrogen-bond donors (Lipinski definition) is 0. The molecule has 0 aliphatic heterocycles. The van der Waals surface area contributed by atoms with Crippen molar-refractivity contribution in [3.8, 4) is 0 Å². The molecule has 0 N–H and O–H groups in total. The van der Waals surface area contributed by atoms with Gasteiger partial charge in [-0.15, -0.1) is 5.73 Å². The first-order valence-electron chi connectivity index (χ1n) is 2.01. The van der Waals surface area contributed by atoms with Gasteiger partial charge in [0, 0.05) is 13.2 Å². The van der Waals surface area contributed by atoms with Gasteiger partial charge >= 0.3 is 0 Å². The Morgan fingerprint density at radius 3 is 2.43 bits per heavy atom. The van der Waals surface area contributed by atoms with Crippen LogP contribution in [0.2, 0.25) is 0 Å². The van der Waals surface area contributed by atoms with E-state index in [0.29, 0.717) is 0 Å². The second-order valence-electron chi connectivity index (χ2n) is 1.18. The van der Waals surface area contributed by atoms with Crippen LogP contribution < -0.4 is 0 Å². The zero-order chi connectivity index (χ0) is 5.70. The molecular weight excluding hydrogens is 86.1 g/mol. The molecule has 0 amide bonds. The Morgan fingerprint density at radius 1 is 1.71 bits per heavy atom. The Bertz CT molecular complexity index is 98.7. The van der Waals surface area contributed by atoms with Crippen molar-refractivity contribution in [2.24, 2.45) is 0 Å². The summed E-state index contributed by atoms with van der Waals surface area (Å²) in [5.41, 5.74) is 2.60. The third kappa shape index (κ3) is 2.87. The van der Waals surface area contributed by atoms with E-state index in [1.807, 2.05) is 7.05 Å². The van der Waals surface area contributed by atoms with E-state index in [9.17, 15) is 0 Å². The molecule has 0 aromatic heterocycles. The summed E-state index contributed by atoms with van der Waals surface area (Å²) in [4.78, 5) is 1.77. The average molecular weight is 95.1 g/mol. The van der Waals surface area contributed by atoms with Crippen molar-refractivity contribution >= 4 is 0 Å². The van der Waals surface area contributed by atoms with Crippen LogP contribution in [0.4, 0.5) is 0 Å². The van der Waals surface area contributed by atoms with Gasteiger partial charge in [-0.1, -0.05) is 13.2 Å². The van der Waals surface area contributed by atoms with E-state index in [1.165, 1.54) is 0 Å². The zero-order valence-electron chi connectivity index (χ0n) is 4.52. The molecule has 1 heteroatoms. The van der Waals surface area contributed by atoms with Gasteiger partial charge in [0.1, 0.15) is 0 Å². The molecule has 0 aromatic rings. The van der Waals surface area contributed by atoms with E-state index in [0.717, 1.165) is 0 Å². The second-order valence-corrected chi connectivity index (χ2v) is 1.18. The highest BCUT2D eigenvalue weighted by atomic mass is 15.0. The molecule has 1 nitrogen and oxygen atoms in total. The summed E-state index contributed by atoms with van der Waals surface area (Å²) in [6.45, 7) is 6.88. The summed E-state index contributed by atoms with van der Waals surface area (Å²) in [6, 6.07) is 0. The summed E-state index contributed by atoms with van der Waals surface area (Å²) in [7, 11) is 1.87. The van der Waals surface area contributed by atoms with Crippen molar-refractivity contribution in [2.75, 3.05) is 7.05 Å². The fourth-order valence-electron chi connectivity index (χ4n) is 0.197. The maximum Gasteiger partial charge on any atom is 0.0454 e. The molecule has 7 heavy (non-hydrogen) atoms. The van der Waals surface area contributed by atoms with Crippen LogP contribution in [0.25, 0.3) is 0 Å². The second kappa shape index (κ2) is 3.26. The Morgan fingerprint density at radius 2 is 2.29 bits per heavy atom. The van der Waals surface area contributed by atoms with Crippen molar-refractivity contribution in [1.82, 2.24) is 4.90 Å². The third-order valence-electron chi connectivity index (χ3n) is 0.583. The largest absolute Gasteiger partial charge is 0.351 e. The number of hydrogen-bond acceptors (Lipinski definition) is 1. The number of rotatable bonds is 2. The maximum atomic E-state index is 3.51. The SMILES string of the molecule is C=C=CN(C)C=C. The lowest BCUT2D eigenvalue weighted by atomic mass is 10.7. The van der Waals surface area contributed by atoms with Crippen LogP contribution in [0.15, 0.2) is 31.3 Å². The quantitative estimate of drug-likeness (QED) is 0.468. The number of nitrogens with zero attached hydrogens (tertiary/aromatic N) is 1. The molecule has 0 aromatic carbocycles. The fourth-order valence-corrected chi connectivity index (χ4v) is 0.197. The molecule has 0 aliphatic rings. The molecule has 0 heterocycles. The first kappa shape index (κ1) is 6.06. The van der Waals surface area contributed by atoms with E-state index < -0.39 is 0 Å². The summed E-state index contributed by atoms with van der Waals surface area (Å²) in [5, 5.41) is 0. The predicted octanol–water partition coefficient (Wildman–Crippen LogP) is 1.36. The summed E-state index contributed by atoms with van der Waals surface area (Å²) < 4.78 is 0. The van der Waals surface area contributed by atoms with Gasteiger partial charge < -0.3 is 4.90 Å². The molecule has 0 unspecified atom stereocenters. The lowest BCUT2D eigenvalue weighted by Gasteiger charge is -2.00. The summed E-state index contributed by atoms with van der Waals surface area (Å²) in [5.74, 6) is 0. The molecular formula is C6H9N. The van der Waals surface area contributed by atoms with Gasteiger partial charge in [-0.25, -0.2) is 0 Å². The van der Waals surface area contributed by atoms with Crippen LogP contribution >= 0.6 is 0 Å². The smallest absolute Gasteiger partial charge is 0.0454 e. The first-order valence-corrected chi connectivity index (χ1v) is 2.01. The molecule has 38 valence electrons. The topological polar surface area (TPSA) is 3.24 Å². The van der Waals surface area contributed by atoms with E-state index in [1.54, 1.807) is 17.3 Å². The molecule has 0 radical (unpaired) electrons. The van der Waals surface area contributed by atoms with Crippen molar-refractivity contribution in [3.05, 3.63) is 31.3 Å². The van der Waals surface area contributed by atoms with Gasteiger partial charge in [0.2, 0.25) is 0 Å². The van der Waals surface area contributed by atoms with Crippen LogP contribution in [-0.2, 0) is 0 Å². The van der Waals surface area contributed by atoms with Gasteiger partial charge in [0.05, 0.1) is 0 Å². The third-order valence-corrected chi connectivity index (χ3v) is 0.583. The Labute approximate surface area is 44.3 Å². The van der Waals surface area contributed by atoms with Crippen molar-refractivity contribution in [1.29, 1.82) is 0 Å². The van der Waals surface area contributed by atoms with Crippen LogP contribution in [-0.4, -0.2) is 11.9 Å². The standard InChI is InChI=1S/C6H9N/c1-4-6-7(3)5-2/h5-6H,1-2H2,3H3. The van der Waals surface area contributed by atoms with Gasteiger partial charge in [0.15, 0.2) is 0 Å². The summed E-state index contributed by atoms with van der Waals surface area (Å²) in [6.07, 6.45) is 3.38. The minimum Gasteiger partial charge on any atom is -0.351 e.